The molecule has 0 aliphatic carbocycles. The zero-order valence-corrected chi connectivity index (χ0v) is 18.8. The van der Waals surface area contributed by atoms with Gasteiger partial charge in [0, 0.05) is 42.9 Å². The lowest BCUT2D eigenvalue weighted by atomic mass is 10.2. The van der Waals surface area contributed by atoms with Crippen LogP contribution in [0.2, 0.25) is 0 Å². The molecule has 0 N–H and O–H groups in total. The molecule has 9 nitrogen and oxygen atoms in total. The van der Waals surface area contributed by atoms with Crippen LogP contribution in [0.4, 0.5) is 10.8 Å². The van der Waals surface area contributed by atoms with E-state index in [9.17, 15) is 14.9 Å². The van der Waals surface area contributed by atoms with E-state index in [4.69, 9.17) is 14.5 Å². The van der Waals surface area contributed by atoms with E-state index in [0.717, 1.165) is 23.3 Å². The molecule has 0 atom stereocenters. The average molecular weight is 457 g/mol. The van der Waals surface area contributed by atoms with Crippen molar-refractivity contribution in [2.45, 2.75) is 13.8 Å². The maximum atomic E-state index is 13.4. The van der Waals surface area contributed by atoms with E-state index in [-0.39, 0.29) is 11.6 Å². The quantitative estimate of drug-likeness (QED) is 0.374. The fraction of sp³-hybridized carbons (Fsp3) is 0.364. The molecule has 10 heteroatoms. The lowest BCUT2D eigenvalue weighted by molar-refractivity contribution is -0.384. The topological polar surface area (TPSA) is 98.0 Å². The van der Waals surface area contributed by atoms with Crippen molar-refractivity contribution >= 4 is 38.3 Å². The molecule has 2 aromatic carbocycles. The molecule has 2 heterocycles. The van der Waals surface area contributed by atoms with E-state index < -0.39 is 4.92 Å². The van der Waals surface area contributed by atoms with Gasteiger partial charge >= 0.3 is 0 Å². The summed E-state index contributed by atoms with van der Waals surface area (Å²) < 4.78 is 12.2. The number of fused-ring (bicyclic) bond motifs is 2. The van der Waals surface area contributed by atoms with Gasteiger partial charge < -0.3 is 14.4 Å². The smallest absolute Gasteiger partial charge is 0.269 e. The molecule has 0 bridgehead atoms. The van der Waals surface area contributed by atoms with Crippen LogP contribution < -0.4 is 14.4 Å². The Morgan fingerprint density at radius 1 is 1.09 bits per heavy atom. The number of aromatic nitrogens is 1. The molecule has 0 saturated heterocycles. The Balaban J connectivity index is 1.68. The summed E-state index contributed by atoms with van der Waals surface area (Å²) in [6.07, 6.45) is 0. The van der Waals surface area contributed by atoms with Gasteiger partial charge in [0.25, 0.3) is 11.6 Å². The van der Waals surface area contributed by atoms with E-state index in [1.807, 2.05) is 12.1 Å². The summed E-state index contributed by atoms with van der Waals surface area (Å²) in [7, 11) is 0. The van der Waals surface area contributed by atoms with Gasteiger partial charge in [-0.05, 0) is 25.2 Å². The second-order valence-electron chi connectivity index (χ2n) is 7.25. The van der Waals surface area contributed by atoms with E-state index in [1.165, 1.54) is 35.6 Å². The van der Waals surface area contributed by atoms with Crippen molar-refractivity contribution in [2.75, 3.05) is 44.3 Å². The highest BCUT2D eigenvalue weighted by molar-refractivity contribution is 7.22. The number of ether oxygens (including phenoxy) is 2. The van der Waals surface area contributed by atoms with Gasteiger partial charge in [-0.15, -0.1) is 0 Å². The Morgan fingerprint density at radius 3 is 2.38 bits per heavy atom. The molecule has 1 amide bonds. The highest BCUT2D eigenvalue weighted by Crippen LogP contribution is 2.39. The van der Waals surface area contributed by atoms with Crippen LogP contribution in [0.25, 0.3) is 10.2 Å². The third-order valence-electron chi connectivity index (χ3n) is 5.38. The first-order chi connectivity index (χ1) is 15.5. The molecule has 32 heavy (non-hydrogen) atoms. The van der Waals surface area contributed by atoms with Crippen LogP contribution >= 0.6 is 11.3 Å². The van der Waals surface area contributed by atoms with Crippen molar-refractivity contribution in [3.8, 4) is 11.5 Å². The van der Waals surface area contributed by atoms with Gasteiger partial charge in [0.1, 0.15) is 13.2 Å². The first kappa shape index (κ1) is 22.0. The van der Waals surface area contributed by atoms with E-state index >= 15 is 0 Å². The number of anilines is 1. The molecule has 3 aromatic rings. The fourth-order valence-corrected chi connectivity index (χ4v) is 4.52. The van der Waals surface area contributed by atoms with Gasteiger partial charge in [0.15, 0.2) is 16.6 Å². The minimum Gasteiger partial charge on any atom is -0.486 e. The Morgan fingerprint density at radius 2 is 1.75 bits per heavy atom. The zero-order valence-electron chi connectivity index (χ0n) is 17.9. The Hall–Kier alpha value is -3.24. The normalized spacial score (nSPS) is 12.8. The third kappa shape index (κ3) is 4.51. The number of carbonyl (C=O) groups is 1. The fourth-order valence-electron chi connectivity index (χ4n) is 3.52. The van der Waals surface area contributed by atoms with Gasteiger partial charge in [-0.25, -0.2) is 4.98 Å². The molecule has 168 valence electrons. The highest BCUT2D eigenvalue weighted by atomic mass is 32.1. The predicted octanol–water partition coefficient (Wildman–Crippen LogP) is 3.96. The lowest BCUT2D eigenvalue weighted by Crippen LogP contribution is -2.38. The van der Waals surface area contributed by atoms with Gasteiger partial charge in [0.05, 0.1) is 15.1 Å². The largest absolute Gasteiger partial charge is 0.486 e. The molecule has 0 unspecified atom stereocenters. The second kappa shape index (κ2) is 9.49. The SMILES string of the molecule is CCN(CC)CCN(C(=O)c1ccc([N+](=O)[O-])cc1)c1nc2cc3c(cc2s1)OCCO3. The first-order valence-electron chi connectivity index (χ1n) is 10.5. The summed E-state index contributed by atoms with van der Waals surface area (Å²) in [5.74, 6) is 1.08. The number of amides is 1. The number of carbonyl (C=O) groups excluding carboxylic acids is 1. The van der Waals surface area contributed by atoms with Gasteiger partial charge in [0.2, 0.25) is 0 Å². The van der Waals surface area contributed by atoms with Crippen LogP contribution in [0.5, 0.6) is 11.5 Å². The third-order valence-corrected chi connectivity index (χ3v) is 6.42. The number of hydrogen-bond acceptors (Lipinski definition) is 8. The van der Waals surface area contributed by atoms with E-state index in [1.54, 1.807) is 4.90 Å². The van der Waals surface area contributed by atoms with Crippen molar-refractivity contribution in [3.05, 3.63) is 52.1 Å². The predicted molar refractivity (Wildman–Crippen MR) is 123 cm³/mol. The summed E-state index contributed by atoms with van der Waals surface area (Å²) in [5.41, 5.74) is 1.06. The Bertz CT molecular complexity index is 1080. The molecule has 0 radical (unpaired) electrons. The number of non-ortho nitro benzene ring substituents is 1. The minimum atomic E-state index is -0.480. The second-order valence-corrected chi connectivity index (χ2v) is 8.26. The number of likely N-dealkylation sites (N-methyl/N-ethyl adjacent to an activating group) is 1. The molecule has 0 spiro atoms. The Labute approximate surface area is 189 Å². The van der Waals surface area contributed by atoms with Crippen LogP contribution in [0.15, 0.2) is 36.4 Å². The molecule has 0 fully saturated rings. The zero-order chi connectivity index (χ0) is 22.7. The number of nitrogens with zero attached hydrogens (tertiary/aromatic N) is 4. The Kier molecular flexibility index (Phi) is 6.52. The molecule has 1 aromatic heterocycles. The molecular weight excluding hydrogens is 432 g/mol. The molecular formula is C22H24N4O5S. The number of hydrogen-bond donors (Lipinski definition) is 0. The summed E-state index contributed by atoms with van der Waals surface area (Å²) in [6.45, 7) is 8.02. The van der Waals surface area contributed by atoms with Crippen LogP contribution in [0, 0.1) is 10.1 Å². The maximum absolute atomic E-state index is 13.4. The summed E-state index contributed by atoms with van der Waals surface area (Å²) in [5, 5.41) is 11.5. The van der Waals surface area contributed by atoms with Gasteiger partial charge in [-0.2, -0.15) is 0 Å². The monoisotopic (exact) mass is 456 g/mol. The summed E-state index contributed by atoms with van der Waals surface area (Å²) in [4.78, 5) is 32.5. The van der Waals surface area contributed by atoms with Crippen molar-refractivity contribution in [1.82, 2.24) is 9.88 Å². The first-order valence-corrected chi connectivity index (χ1v) is 11.3. The van der Waals surface area contributed by atoms with Crippen LogP contribution in [0.3, 0.4) is 0 Å². The molecule has 4 rings (SSSR count). The minimum absolute atomic E-state index is 0.0539. The standard InChI is InChI=1S/C22H24N4O5S/c1-3-24(4-2)9-10-25(21(27)15-5-7-16(8-6-15)26(28)29)22-23-17-13-18-19(14-20(17)32-22)31-12-11-30-18/h5-8,13-14H,3-4,9-12H2,1-2H3. The lowest BCUT2D eigenvalue weighted by Gasteiger charge is -2.24. The van der Waals surface area contributed by atoms with Gasteiger partial charge in [-0.1, -0.05) is 25.2 Å². The average Bonchev–Trinajstić information content (AvgIpc) is 3.22. The number of rotatable bonds is 8. The molecule has 1 aliphatic heterocycles. The molecule has 1 aliphatic rings. The number of nitro benzene ring substituents is 1. The van der Waals surface area contributed by atoms with Crippen LogP contribution in [-0.4, -0.2) is 60.1 Å². The van der Waals surface area contributed by atoms with Gasteiger partial charge in [-0.3, -0.25) is 19.8 Å². The van der Waals surface area contributed by atoms with E-state index in [0.29, 0.717) is 48.5 Å². The van der Waals surface area contributed by atoms with Crippen LogP contribution in [-0.2, 0) is 0 Å². The number of thiazole rings is 1. The van der Waals surface area contributed by atoms with Crippen molar-refractivity contribution < 1.29 is 19.2 Å². The molecule has 0 saturated carbocycles. The number of nitro groups is 1. The van der Waals surface area contributed by atoms with Crippen molar-refractivity contribution in [2.24, 2.45) is 0 Å². The highest BCUT2D eigenvalue weighted by Gasteiger charge is 2.24. The summed E-state index contributed by atoms with van der Waals surface area (Å²) >= 11 is 1.41. The maximum Gasteiger partial charge on any atom is 0.269 e. The van der Waals surface area contributed by atoms with Crippen LogP contribution in [0.1, 0.15) is 24.2 Å². The van der Waals surface area contributed by atoms with Crippen molar-refractivity contribution in [3.63, 3.8) is 0 Å². The van der Waals surface area contributed by atoms with Crippen molar-refractivity contribution in [1.29, 1.82) is 0 Å². The van der Waals surface area contributed by atoms with E-state index in [2.05, 4.69) is 18.7 Å². The number of benzene rings is 2. The summed E-state index contributed by atoms with van der Waals surface area (Å²) in [6, 6.07) is 9.39.